The van der Waals surface area contributed by atoms with Gasteiger partial charge >= 0.3 is 0 Å². The van der Waals surface area contributed by atoms with E-state index in [9.17, 15) is 0 Å². The highest BCUT2D eigenvalue weighted by Gasteiger charge is 2.19. The van der Waals surface area contributed by atoms with E-state index in [1.807, 2.05) is 42.6 Å². The van der Waals surface area contributed by atoms with E-state index in [2.05, 4.69) is 10.3 Å². The highest BCUT2D eigenvalue weighted by molar-refractivity contribution is 5.35. The van der Waals surface area contributed by atoms with Crippen LogP contribution in [-0.4, -0.2) is 18.1 Å². The van der Waals surface area contributed by atoms with Crippen molar-refractivity contribution < 1.29 is 9.47 Å². The first-order chi connectivity index (χ1) is 9.83. The Morgan fingerprint density at radius 3 is 2.75 bits per heavy atom. The molecule has 0 aliphatic heterocycles. The summed E-state index contributed by atoms with van der Waals surface area (Å²) in [5.41, 5.74) is 1.18. The Labute approximate surface area is 118 Å². The second-order valence-corrected chi connectivity index (χ2v) is 4.94. The minimum Gasteiger partial charge on any atom is -0.497 e. The summed E-state index contributed by atoms with van der Waals surface area (Å²) >= 11 is 0. The number of ether oxygens (including phenoxy) is 2. The van der Waals surface area contributed by atoms with E-state index in [-0.39, 0.29) is 0 Å². The fourth-order valence-corrected chi connectivity index (χ4v) is 1.91. The zero-order chi connectivity index (χ0) is 13.8. The maximum Gasteiger partial charge on any atom is 0.219 e. The van der Waals surface area contributed by atoms with Crippen LogP contribution in [0.5, 0.6) is 17.4 Å². The summed E-state index contributed by atoms with van der Waals surface area (Å²) in [5.74, 6) is 2.09. The van der Waals surface area contributed by atoms with Crippen molar-refractivity contribution in [3.05, 3.63) is 48.2 Å². The van der Waals surface area contributed by atoms with Crippen LogP contribution in [0.4, 0.5) is 0 Å². The van der Waals surface area contributed by atoms with E-state index in [0.29, 0.717) is 11.9 Å². The fourth-order valence-electron chi connectivity index (χ4n) is 1.91. The highest BCUT2D eigenvalue weighted by Crippen LogP contribution is 2.24. The number of nitrogens with one attached hydrogen (secondary N) is 1. The molecule has 1 aliphatic rings. The van der Waals surface area contributed by atoms with E-state index in [0.717, 1.165) is 18.0 Å². The molecular weight excluding hydrogens is 252 g/mol. The van der Waals surface area contributed by atoms with Crippen molar-refractivity contribution in [2.75, 3.05) is 7.11 Å². The molecule has 2 aromatic rings. The number of methoxy groups -OCH3 is 1. The first-order valence-corrected chi connectivity index (χ1v) is 6.84. The van der Waals surface area contributed by atoms with E-state index in [4.69, 9.17) is 9.47 Å². The molecule has 1 saturated carbocycles. The molecule has 0 amide bonds. The number of hydrogen-bond acceptors (Lipinski definition) is 4. The maximum absolute atomic E-state index is 5.70. The quantitative estimate of drug-likeness (QED) is 0.875. The van der Waals surface area contributed by atoms with Crippen molar-refractivity contribution in [1.82, 2.24) is 10.3 Å². The van der Waals surface area contributed by atoms with Crippen LogP contribution < -0.4 is 14.8 Å². The summed E-state index contributed by atoms with van der Waals surface area (Å²) in [4.78, 5) is 4.32. The predicted molar refractivity (Wildman–Crippen MR) is 77.2 cm³/mol. The average Bonchev–Trinajstić information content (AvgIpc) is 3.31. The van der Waals surface area contributed by atoms with Crippen LogP contribution in [0.3, 0.4) is 0 Å². The van der Waals surface area contributed by atoms with Crippen LogP contribution in [-0.2, 0) is 6.54 Å². The third-order valence-corrected chi connectivity index (χ3v) is 3.23. The van der Waals surface area contributed by atoms with Gasteiger partial charge in [-0.2, -0.15) is 0 Å². The molecule has 4 heteroatoms. The van der Waals surface area contributed by atoms with Crippen molar-refractivity contribution in [3.8, 4) is 17.4 Å². The standard InChI is InChI=1S/C16H18N2O2/c1-19-14-3-2-4-15(9-14)20-16-8-5-12(11-18-16)10-17-13-6-7-13/h2-5,8-9,11,13,17H,6-7,10H2,1H3. The molecule has 1 fully saturated rings. The Bertz CT molecular complexity index is 565. The lowest BCUT2D eigenvalue weighted by Crippen LogP contribution is -2.15. The van der Waals surface area contributed by atoms with Crippen LogP contribution in [0, 0.1) is 0 Å². The Morgan fingerprint density at radius 2 is 2.05 bits per heavy atom. The molecule has 4 nitrogen and oxygen atoms in total. The summed E-state index contributed by atoms with van der Waals surface area (Å²) in [6.07, 6.45) is 4.44. The van der Waals surface area contributed by atoms with Gasteiger partial charge in [0.1, 0.15) is 11.5 Å². The molecule has 0 bridgehead atoms. The number of nitrogens with zero attached hydrogens (tertiary/aromatic N) is 1. The van der Waals surface area contributed by atoms with Crippen LogP contribution in [0.2, 0.25) is 0 Å². The van der Waals surface area contributed by atoms with Gasteiger partial charge in [0.05, 0.1) is 7.11 Å². The molecule has 0 atom stereocenters. The average molecular weight is 270 g/mol. The lowest BCUT2D eigenvalue weighted by Gasteiger charge is -2.07. The van der Waals surface area contributed by atoms with Gasteiger partial charge in [-0.05, 0) is 30.5 Å². The normalized spacial score (nSPS) is 14.1. The third-order valence-electron chi connectivity index (χ3n) is 3.23. The zero-order valence-corrected chi connectivity index (χ0v) is 11.5. The van der Waals surface area contributed by atoms with Gasteiger partial charge in [0.15, 0.2) is 0 Å². The molecule has 1 aromatic carbocycles. The largest absolute Gasteiger partial charge is 0.497 e. The van der Waals surface area contributed by atoms with Gasteiger partial charge in [-0.3, -0.25) is 0 Å². The lowest BCUT2D eigenvalue weighted by molar-refractivity contribution is 0.407. The molecular formula is C16H18N2O2. The summed E-state index contributed by atoms with van der Waals surface area (Å²) in [6.45, 7) is 0.872. The van der Waals surface area contributed by atoms with E-state index < -0.39 is 0 Å². The zero-order valence-electron chi connectivity index (χ0n) is 11.5. The van der Waals surface area contributed by atoms with Gasteiger partial charge in [-0.1, -0.05) is 12.1 Å². The first-order valence-electron chi connectivity index (χ1n) is 6.84. The molecule has 1 heterocycles. The van der Waals surface area contributed by atoms with Gasteiger partial charge in [0, 0.05) is 30.9 Å². The SMILES string of the molecule is COc1cccc(Oc2ccc(CNC3CC3)cn2)c1. The molecule has 20 heavy (non-hydrogen) atoms. The number of aromatic nitrogens is 1. The van der Waals surface area contributed by atoms with Crippen molar-refractivity contribution in [1.29, 1.82) is 0 Å². The van der Waals surface area contributed by atoms with Crippen molar-refractivity contribution in [2.45, 2.75) is 25.4 Å². The fraction of sp³-hybridized carbons (Fsp3) is 0.312. The van der Waals surface area contributed by atoms with Crippen molar-refractivity contribution >= 4 is 0 Å². The Hall–Kier alpha value is -2.07. The van der Waals surface area contributed by atoms with Gasteiger partial charge in [0.2, 0.25) is 5.88 Å². The number of rotatable bonds is 6. The van der Waals surface area contributed by atoms with Crippen LogP contribution in [0.15, 0.2) is 42.6 Å². The second kappa shape index (κ2) is 5.92. The highest BCUT2D eigenvalue weighted by atomic mass is 16.5. The minimum absolute atomic E-state index is 0.591. The van der Waals surface area contributed by atoms with Crippen molar-refractivity contribution in [3.63, 3.8) is 0 Å². The number of hydrogen-bond donors (Lipinski definition) is 1. The number of benzene rings is 1. The summed E-state index contributed by atoms with van der Waals surface area (Å²) in [7, 11) is 1.64. The Morgan fingerprint density at radius 1 is 1.20 bits per heavy atom. The Balaban J connectivity index is 1.61. The molecule has 1 aliphatic carbocycles. The molecule has 0 spiro atoms. The molecule has 3 rings (SSSR count). The van der Waals surface area contributed by atoms with Gasteiger partial charge in [-0.15, -0.1) is 0 Å². The predicted octanol–water partition coefficient (Wildman–Crippen LogP) is 3.13. The Kier molecular flexibility index (Phi) is 3.83. The summed E-state index contributed by atoms with van der Waals surface area (Å²) in [6, 6.07) is 12.1. The van der Waals surface area contributed by atoms with Gasteiger partial charge < -0.3 is 14.8 Å². The second-order valence-electron chi connectivity index (χ2n) is 4.94. The van der Waals surface area contributed by atoms with Crippen LogP contribution in [0.25, 0.3) is 0 Å². The van der Waals surface area contributed by atoms with E-state index in [1.165, 1.54) is 18.4 Å². The summed E-state index contributed by atoms with van der Waals surface area (Å²) < 4.78 is 10.9. The topological polar surface area (TPSA) is 43.4 Å². The molecule has 1 aromatic heterocycles. The lowest BCUT2D eigenvalue weighted by atomic mass is 10.3. The van der Waals surface area contributed by atoms with Crippen LogP contribution in [0.1, 0.15) is 18.4 Å². The van der Waals surface area contributed by atoms with E-state index in [1.54, 1.807) is 7.11 Å². The van der Waals surface area contributed by atoms with Crippen LogP contribution >= 0.6 is 0 Å². The molecule has 1 N–H and O–H groups in total. The summed E-state index contributed by atoms with van der Waals surface area (Å²) in [5, 5.41) is 3.46. The van der Waals surface area contributed by atoms with Gasteiger partial charge in [0.25, 0.3) is 0 Å². The third kappa shape index (κ3) is 3.48. The first kappa shape index (κ1) is 12.9. The molecule has 0 radical (unpaired) electrons. The van der Waals surface area contributed by atoms with Gasteiger partial charge in [-0.25, -0.2) is 4.98 Å². The minimum atomic E-state index is 0.591. The van der Waals surface area contributed by atoms with E-state index >= 15 is 0 Å². The molecule has 0 saturated heterocycles. The maximum atomic E-state index is 5.70. The van der Waals surface area contributed by atoms with Crippen molar-refractivity contribution in [2.24, 2.45) is 0 Å². The smallest absolute Gasteiger partial charge is 0.219 e. The monoisotopic (exact) mass is 270 g/mol. The molecule has 104 valence electrons. The molecule has 0 unspecified atom stereocenters. The number of pyridine rings is 1.